The van der Waals surface area contributed by atoms with Crippen LogP contribution >= 0.6 is 11.6 Å². The van der Waals surface area contributed by atoms with E-state index in [-0.39, 0.29) is 0 Å². The van der Waals surface area contributed by atoms with Crippen LogP contribution in [0.25, 0.3) is 0 Å². The summed E-state index contributed by atoms with van der Waals surface area (Å²) in [5, 5.41) is 5.02. The predicted octanol–water partition coefficient (Wildman–Crippen LogP) is 3.28. The molecule has 0 amide bonds. The first-order valence-electron chi connectivity index (χ1n) is 7.28. The summed E-state index contributed by atoms with van der Waals surface area (Å²) < 4.78 is 13.2. The predicted molar refractivity (Wildman–Crippen MR) is 73.7 cm³/mol. The van der Waals surface area contributed by atoms with Crippen LogP contribution in [0.2, 0.25) is 5.15 Å². The van der Waals surface area contributed by atoms with Crippen LogP contribution in [0, 0.1) is 5.92 Å². The Morgan fingerprint density at radius 2 is 2.00 bits per heavy atom. The third kappa shape index (κ3) is 3.23. The van der Waals surface area contributed by atoms with Crippen molar-refractivity contribution >= 4 is 11.6 Å². The Hall–Kier alpha value is -0.740. The van der Waals surface area contributed by atoms with Gasteiger partial charge in [0.2, 0.25) is 0 Å². The third-order valence-corrected chi connectivity index (χ3v) is 4.49. The van der Waals surface area contributed by atoms with Gasteiger partial charge in [-0.1, -0.05) is 11.6 Å². The summed E-state index contributed by atoms with van der Waals surface area (Å²) in [6, 6.07) is 0. The fourth-order valence-corrected chi connectivity index (χ4v) is 3.12. The number of aromatic nitrogens is 2. The summed E-state index contributed by atoms with van der Waals surface area (Å²) in [4.78, 5) is 0. The minimum Gasteiger partial charge on any atom is -0.486 e. The molecule has 1 aromatic heterocycles. The van der Waals surface area contributed by atoms with E-state index < -0.39 is 0 Å². The fraction of sp³-hybridized carbons (Fsp3) is 0.786. The van der Waals surface area contributed by atoms with Gasteiger partial charge in [0.1, 0.15) is 0 Å². The van der Waals surface area contributed by atoms with Gasteiger partial charge in [0, 0.05) is 19.8 Å². The maximum absolute atomic E-state index is 6.37. The normalized spacial score (nSPS) is 21.9. The van der Waals surface area contributed by atoms with Gasteiger partial charge >= 0.3 is 0 Å². The Kier molecular flexibility index (Phi) is 4.28. The Bertz CT molecular complexity index is 410. The molecule has 1 saturated carbocycles. The summed E-state index contributed by atoms with van der Waals surface area (Å²) in [7, 11) is 0. The molecule has 0 bridgehead atoms. The van der Waals surface area contributed by atoms with Gasteiger partial charge in [-0.2, -0.15) is 5.10 Å². The van der Waals surface area contributed by atoms with Gasteiger partial charge in [0.05, 0.1) is 12.3 Å². The smallest absolute Gasteiger partial charge is 0.176 e. The molecule has 1 aromatic rings. The second kappa shape index (κ2) is 6.14. The molecule has 3 rings (SSSR count). The molecule has 0 aromatic carbocycles. The summed E-state index contributed by atoms with van der Waals surface area (Å²) in [6.45, 7) is 2.58. The van der Waals surface area contributed by atoms with Crippen LogP contribution in [0.5, 0.6) is 5.75 Å². The topological polar surface area (TPSA) is 36.3 Å². The van der Waals surface area contributed by atoms with Gasteiger partial charge in [-0.25, -0.2) is 0 Å². The molecule has 0 unspecified atom stereocenters. The first kappa shape index (κ1) is 13.3. The maximum atomic E-state index is 6.37. The van der Waals surface area contributed by atoms with Crippen LogP contribution in [-0.2, 0) is 11.3 Å². The molecule has 106 valence electrons. The van der Waals surface area contributed by atoms with Crippen LogP contribution in [0.4, 0.5) is 0 Å². The van der Waals surface area contributed by atoms with Crippen LogP contribution in [0.15, 0.2) is 6.20 Å². The molecular formula is C14H21ClN2O2. The van der Waals surface area contributed by atoms with Crippen LogP contribution in [0.1, 0.15) is 38.5 Å². The standard InChI is InChI=1S/C14H21ClN2O2/c15-14-13(19-12-3-1-2-4-12)9-16-17(14)10-11-5-7-18-8-6-11/h9,11-12H,1-8,10H2. The van der Waals surface area contributed by atoms with E-state index in [0.29, 0.717) is 17.2 Å². The molecule has 1 aliphatic heterocycles. The van der Waals surface area contributed by atoms with Crippen molar-refractivity contribution < 1.29 is 9.47 Å². The van der Waals surface area contributed by atoms with Crippen molar-refractivity contribution in [1.29, 1.82) is 0 Å². The lowest BCUT2D eigenvalue weighted by Gasteiger charge is -2.22. The first-order valence-corrected chi connectivity index (χ1v) is 7.66. The molecule has 2 aliphatic rings. The monoisotopic (exact) mass is 284 g/mol. The SMILES string of the molecule is Clc1c(OC2CCCC2)cnn1CC1CCOCC1. The highest BCUT2D eigenvalue weighted by molar-refractivity contribution is 6.31. The molecule has 0 radical (unpaired) electrons. The Balaban J connectivity index is 1.60. The van der Waals surface area contributed by atoms with E-state index in [2.05, 4.69) is 5.10 Å². The lowest BCUT2D eigenvalue weighted by Crippen LogP contribution is -2.21. The third-order valence-electron chi connectivity index (χ3n) is 4.11. The Labute approximate surface area is 119 Å². The molecule has 19 heavy (non-hydrogen) atoms. The second-order valence-electron chi connectivity index (χ2n) is 5.56. The van der Waals surface area contributed by atoms with Gasteiger partial charge in [-0.05, 0) is 44.4 Å². The molecular weight excluding hydrogens is 264 g/mol. The molecule has 2 heterocycles. The van der Waals surface area contributed by atoms with Crippen molar-refractivity contribution in [2.45, 2.75) is 51.2 Å². The maximum Gasteiger partial charge on any atom is 0.176 e. The van der Waals surface area contributed by atoms with E-state index >= 15 is 0 Å². The van der Waals surface area contributed by atoms with Gasteiger partial charge in [-0.3, -0.25) is 4.68 Å². The second-order valence-corrected chi connectivity index (χ2v) is 5.92. The van der Waals surface area contributed by atoms with Crippen molar-refractivity contribution in [3.8, 4) is 5.75 Å². The molecule has 5 heteroatoms. The van der Waals surface area contributed by atoms with Gasteiger partial charge in [0.25, 0.3) is 0 Å². The molecule has 1 aliphatic carbocycles. The zero-order valence-electron chi connectivity index (χ0n) is 11.2. The lowest BCUT2D eigenvalue weighted by molar-refractivity contribution is 0.0601. The number of halogens is 1. The summed E-state index contributed by atoms with van der Waals surface area (Å²) in [5.74, 6) is 1.37. The lowest BCUT2D eigenvalue weighted by atomic mass is 10.0. The van der Waals surface area contributed by atoms with E-state index in [1.54, 1.807) is 6.20 Å². The number of hydrogen-bond acceptors (Lipinski definition) is 3. The average molecular weight is 285 g/mol. The number of rotatable bonds is 4. The van der Waals surface area contributed by atoms with Crippen molar-refractivity contribution in [1.82, 2.24) is 9.78 Å². The van der Waals surface area contributed by atoms with Crippen LogP contribution in [-0.4, -0.2) is 29.1 Å². The fourth-order valence-electron chi connectivity index (χ4n) is 2.92. The summed E-state index contributed by atoms with van der Waals surface area (Å²) >= 11 is 6.37. The number of hydrogen-bond donors (Lipinski definition) is 0. The Morgan fingerprint density at radius 3 is 2.74 bits per heavy atom. The zero-order valence-corrected chi connectivity index (χ0v) is 11.9. The molecule has 4 nitrogen and oxygen atoms in total. The molecule has 2 fully saturated rings. The minimum absolute atomic E-state index is 0.332. The summed E-state index contributed by atoms with van der Waals surface area (Å²) in [5.41, 5.74) is 0. The van der Waals surface area contributed by atoms with Crippen LogP contribution in [0.3, 0.4) is 0 Å². The highest BCUT2D eigenvalue weighted by Gasteiger charge is 2.21. The van der Waals surface area contributed by atoms with E-state index in [0.717, 1.165) is 51.2 Å². The Morgan fingerprint density at radius 1 is 1.26 bits per heavy atom. The largest absolute Gasteiger partial charge is 0.486 e. The van der Waals surface area contributed by atoms with Crippen molar-refractivity contribution in [2.24, 2.45) is 5.92 Å². The van der Waals surface area contributed by atoms with Crippen molar-refractivity contribution in [3.63, 3.8) is 0 Å². The zero-order chi connectivity index (χ0) is 13.1. The molecule has 0 spiro atoms. The highest BCUT2D eigenvalue weighted by Crippen LogP contribution is 2.30. The van der Waals surface area contributed by atoms with E-state index in [9.17, 15) is 0 Å². The van der Waals surface area contributed by atoms with E-state index in [1.807, 2.05) is 4.68 Å². The van der Waals surface area contributed by atoms with Gasteiger partial charge in [-0.15, -0.1) is 0 Å². The van der Waals surface area contributed by atoms with Crippen molar-refractivity contribution in [3.05, 3.63) is 11.3 Å². The molecule has 1 saturated heterocycles. The van der Waals surface area contributed by atoms with Gasteiger partial charge < -0.3 is 9.47 Å². The summed E-state index contributed by atoms with van der Waals surface area (Å²) in [6.07, 6.45) is 9.09. The van der Waals surface area contributed by atoms with E-state index in [1.165, 1.54) is 12.8 Å². The molecule has 0 N–H and O–H groups in total. The highest BCUT2D eigenvalue weighted by atomic mass is 35.5. The van der Waals surface area contributed by atoms with E-state index in [4.69, 9.17) is 21.1 Å². The number of nitrogens with zero attached hydrogens (tertiary/aromatic N) is 2. The molecule has 0 atom stereocenters. The van der Waals surface area contributed by atoms with Crippen LogP contribution < -0.4 is 4.74 Å². The van der Waals surface area contributed by atoms with Gasteiger partial charge in [0.15, 0.2) is 10.9 Å². The van der Waals surface area contributed by atoms with Crippen molar-refractivity contribution in [2.75, 3.05) is 13.2 Å². The average Bonchev–Trinajstić information content (AvgIpc) is 3.05. The quantitative estimate of drug-likeness (QED) is 0.851. The number of ether oxygens (including phenoxy) is 2. The minimum atomic E-state index is 0.332. The first-order chi connectivity index (χ1) is 9.33.